The summed E-state index contributed by atoms with van der Waals surface area (Å²) in [5.41, 5.74) is -4.71. The van der Waals surface area contributed by atoms with Crippen LogP contribution in [0, 0.1) is 0 Å². The summed E-state index contributed by atoms with van der Waals surface area (Å²) in [4.78, 5) is 105. The minimum absolute atomic E-state index is 0.0623. The predicted octanol–water partition coefficient (Wildman–Crippen LogP) is 13.4. The first-order valence-corrected chi connectivity index (χ1v) is 30.9. The Balaban J connectivity index is 0.988. The smallest absolute Gasteiger partial charge is 0.338 e. The van der Waals surface area contributed by atoms with E-state index in [4.69, 9.17) is 19.5 Å². The van der Waals surface area contributed by atoms with Gasteiger partial charge in [0.1, 0.15) is 21.9 Å². The number of nitrogens with zero attached hydrogens (tertiary/aromatic N) is 2. The Bertz CT molecular complexity index is 8110. The summed E-state index contributed by atoms with van der Waals surface area (Å²) in [5.74, 6) is -1.09. The second kappa shape index (κ2) is 10.7. The van der Waals surface area contributed by atoms with Gasteiger partial charge in [0.25, 0.3) is 0 Å². The SMILES string of the molecule is CCOC(=O)c1ccc(N=c2c3c(c(=Nc4ccc(C(=O)OCC)cc4)c2=O)[C@]2(O)c4c5c6c7c(c8c(=O)c9c%10c(=O)c%11c%12c(=O)c%13c2c2c4c4c6c6c%14c7c7c8c9c8c9c%10c%11c%10c%11c%12c%13c%12c2c2c4c6c4c6c%14c7c8c7c9c%10c8c%11c%12c2c4c8c76)[C@@]35O)cc1. The first-order valence-electron chi connectivity index (χ1n) is 30.9. The van der Waals surface area contributed by atoms with E-state index in [-0.39, 0.29) is 95.7 Å². The molecule has 0 heterocycles. The van der Waals surface area contributed by atoms with Crippen LogP contribution in [-0.4, -0.2) is 35.4 Å². The summed E-state index contributed by atoms with van der Waals surface area (Å²) in [5, 5.41) is 72.4. The maximum atomic E-state index is 17.4. The van der Waals surface area contributed by atoms with E-state index in [1.165, 1.54) is 43.1 Å². The zero-order chi connectivity index (χ0) is 57.8. The molecule has 0 saturated heterocycles. The number of hydrogen-bond acceptors (Lipinski definition) is 12. The maximum Gasteiger partial charge on any atom is 0.338 e. The van der Waals surface area contributed by atoms with Gasteiger partial charge >= 0.3 is 11.9 Å². The highest BCUT2D eigenvalue weighted by atomic mass is 16.5. The fourth-order valence-electron chi connectivity index (χ4n) is 23.7. The Morgan fingerprint density at radius 2 is 0.500 bits per heavy atom. The molecule has 90 heavy (non-hydrogen) atoms. The minimum Gasteiger partial charge on any atom is -0.462 e. The van der Waals surface area contributed by atoms with Crippen molar-refractivity contribution in [3.63, 3.8) is 0 Å². The standard InChI is InChI=1S/C78H20N2O10/c1-3-89-75(85)13-5-9-15(10-6-13)79-69-67-68(70(74(69)84)80-16-11-7-14(8-12-16)76(86)90-4-2)78(88)64-54-44-34-25-20-18-17-19-21(20)32-35-33-24(19)30-28-22(17)26-27-23(18)29-31(25)42(44)52-50-40(29)38(27)48-47-37(26)39(28)49-51-41(30)43(33)53-55-45(35)46(36(32)34)56(54)66(78)65(55)77(67,87)63(53)61(51)72(82)59(49)57(47)71(81)58(48)60(50)73(83)62(52)64/h5-12,87-88H,3-4H2,1-2H3/t77-,78+. The van der Waals surface area contributed by atoms with Gasteiger partial charge in [0.15, 0.2) is 16.3 Å². The monoisotopic (exact) mass is 1140 g/mol. The van der Waals surface area contributed by atoms with E-state index >= 15 is 29.4 Å². The summed E-state index contributed by atoms with van der Waals surface area (Å²) in [6.07, 6.45) is 0. The van der Waals surface area contributed by atoms with Crippen LogP contribution in [0.3, 0.4) is 0 Å². The fourth-order valence-corrected chi connectivity index (χ4v) is 23.7. The van der Waals surface area contributed by atoms with Crippen molar-refractivity contribution in [2.45, 2.75) is 25.0 Å². The van der Waals surface area contributed by atoms with Gasteiger partial charge in [0.05, 0.1) is 35.7 Å². The van der Waals surface area contributed by atoms with Gasteiger partial charge in [-0.3, -0.25) is 19.2 Å². The highest BCUT2D eigenvalue weighted by Crippen LogP contribution is 2.78. The summed E-state index contributed by atoms with van der Waals surface area (Å²) >= 11 is 0. The van der Waals surface area contributed by atoms with E-state index in [0.29, 0.717) is 65.0 Å². The van der Waals surface area contributed by atoms with Crippen molar-refractivity contribution in [2.75, 3.05) is 13.2 Å². The Morgan fingerprint density at radius 1 is 0.289 bits per heavy atom. The van der Waals surface area contributed by atoms with E-state index in [1.807, 2.05) is 0 Å². The summed E-state index contributed by atoms with van der Waals surface area (Å²) in [6, 6.07) is 12.7. The normalized spacial score (nSPS) is 19.2. The first-order chi connectivity index (χ1) is 44.0. The lowest BCUT2D eigenvalue weighted by atomic mass is 9.66. The summed E-state index contributed by atoms with van der Waals surface area (Å²) < 4.78 is 10.7. The third-order valence-electron chi connectivity index (χ3n) is 25.4. The molecule has 3 aliphatic carbocycles. The number of hydrogen-bond donors (Lipinski definition) is 2. The molecule has 0 fully saturated rings. The van der Waals surface area contributed by atoms with E-state index in [0.717, 1.165) is 129 Å². The molecular weight excluding hydrogens is 1120 g/mol. The summed E-state index contributed by atoms with van der Waals surface area (Å²) in [6.45, 7) is 3.76. The lowest BCUT2D eigenvalue weighted by molar-refractivity contribution is 0.0517. The van der Waals surface area contributed by atoms with Gasteiger partial charge in [0, 0.05) is 184 Å². The van der Waals surface area contributed by atoms with E-state index in [1.54, 1.807) is 62.4 Å². The second-order valence-electron chi connectivity index (χ2n) is 27.7. The quantitative estimate of drug-likeness (QED) is 0.120. The average molecular weight is 1150 g/mol. The number of fused-ring (bicyclic) bond motifs is 9. The molecule has 12 nitrogen and oxygen atoms in total. The van der Waals surface area contributed by atoms with Gasteiger partial charge < -0.3 is 19.7 Å². The number of rotatable bonds is 6. The highest BCUT2D eigenvalue weighted by Gasteiger charge is 2.64. The summed E-state index contributed by atoms with van der Waals surface area (Å²) in [7, 11) is 0. The highest BCUT2D eigenvalue weighted by molar-refractivity contribution is 6.78. The van der Waals surface area contributed by atoms with E-state index in [9.17, 15) is 9.59 Å². The Kier molecular flexibility index (Phi) is 4.84. The molecule has 3 aliphatic rings. The van der Waals surface area contributed by atoms with Crippen LogP contribution in [0.4, 0.5) is 11.4 Å². The number of carbonyl (C=O) groups excluding carboxylic acids is 2. The van der Waals surface area contributed by atoms with Gasteiger partial charge in [-0.2, -0.15) is 0 Å². The van der Waals surface area contributed by atoms with Gasteiger partial charge in [-0.25, -0.2) is 19.6 Å². The van der Waals surface area contributed by atoms with Crippen molar-refractivity contribution in [1.29, 1.82) is 0 Å². The number of aliphatic hydroxyl groups is 2. The minimum atomic E-state index is -2.46. The number of ether oxygens (including phenoxy) is 2. The van der Waals surface area contributed by atoms with Gasteiger partial charge in [-0.15, -0.1) is 0 Å². The van der Waals surface area contributed by atoms with Gasteiger partial charge in [0.2, 0.25) is 5.43 Å². The van der Waals surface area contributed by atoms with Crippen LogP contribution in [0.1, 0.15) is 67.9 Å². The van der Waals surface area contributed by atoms with Crippen LogP contribution in [0.15, 0.2) is 77.7 Å². The van der Waals surface area contributed by atoms with Crippen molar-refractivity contribution in [1.82, 2.24) is 0 Å². The van der Waals surface area contributed by atoms with Crippen molar-refractivity contribution in [3.05, 3.63) is 145 Å². The molecule has 27 aromatic rings. The Hall–Kier alpha value is -11.4. The largest absolute Gasteiger partial charge is 0.462 e. The molecule has 30 rings (SSSR count). The van der Waals surface area contributed by atoms with E-state index in [2.05, 4.69) is 0 Å². The first kappa shape index (κ1) is 40.8. The van der Waals surface area contributed by atoms with E-state index < -0.39 is 39.4 Å². The molecule has 0 spiro atoms. The average Bonchev–Trinajstić information content (AvgIpc) is 1.40. The lowest BCUT2D eigenvalue weighted by Gasteiger charge is -2.41. The molecule has 0 amide bonds. The molecule has 0 aromatic heterocycles. The Labute approximate surface area is 490 Å². The number of carbonyl (C=O) groups is 2. The molecule has 0 radical (unpaired) electrons. The Morgan fingerprint density at radius 3 is 0.756 bits per heavy atom. The third-order valence-corrected chi connectivity index (χ3v) is 25.4. The van der Waals surface area contributed by atoms with Gasteiger partial charge in [-0.05, 0) is 159 Å². The second-order valence-corrected chi connectivity index (χ2v) is 27.7. The molecule has 0 saturated carbocycles. The van der Waals surface area contributed by atoms with Crippen LogP contribution in [-0.2, 0) is 20.7 Å². The lowest BCUT2D eigenvalue weighted by Crippen LogP contribution is -2.46. The molecule has 27 aromatic carbocycles. The van der Waals surface area contributed by atoms with Crippen LogP contribution >= 0.6 is 0 Å². The van der Waals surface area contributed by atoms with Crippen molar-refractivity contribution < 1.29 is 29.3 Å². The number of benzene rings is 17. The molecule has 0 bridgehead atoms. The van der Waals surface area contributed by atoms with Gasteiger partial charge in [-0.1, -0.05) is 0 Å². The molecular formula is C78H20N2O10. The molecule has 12 heteroatoms. The maximum absolute atomic E-state index is 17.4. The predicted molar refractivity (Wildman–Crippen MR) is 351 cm³/mol. The van der Waals surface area contributed by atoms with Crippen LogP contribution in [0.5, 0.6) is 0 Å². The molecule has 2 N–H and O–H groups in total. The topological polar surface area (TPSA) is 186 Å². The number of esters is 2. The van der Waals surface area contributed by atoms with Crippen LogP contribution < -0.4 is 32.4 Å². The van der Waals surface area contributed by atoms with Crippen molar-refractivity contribution in [3.8, 4) is 0 Å². The molecule has 0 unspecified atom stereocenters. The molecule has 2 atom stereocenters. The fraction of sp³-hybridized carbons (Fsp3) is 0.0769. The van der Waals surface area contributed by atoms with Crippen molar-refractivity contribution >= 4 is 271 Å². The zero-order valence-electron chi connectivity index (χ0n) is 46.1. The zero-order valence-corrected chi connectivity index (χ0v) is 46.1. The molecule has 402 valence electrons. The van der Waals surface area contributed by atoms with Crippen molar-refractivity contribution in [2.24, 2.45) is 9.98 Å². The third kappa shape index (κ3) is 2.87. The molecule has 0 aliphatic heterocycles. The van der Waals surface area contributed by atoms with Crippen LogP contribution in [0.25, 0.3) is 248 Å². The van der Waals surface area contributed by atoms with Crippen LogP contribution in [0.2, 0.25) is 0 Å².